The Morgan fingerprint density at radius 1 is 0.886 bits per heavy atom. The van der Waals surface area contributed by atoms with E-state index in [1.54, 1.807) is 29.5 Å². The summed E-state index contributed by atoms with van der Waals surface area (Å²) in [6.45, 7) is 0.753. The lowest BCUT2D eigenvalue weighted by atomic mass is 10.1. The van der Waals surface area contributed by atoms with E-state index in [4.69, 9.17) is 4.74 Å². The molecule has 5 rings (SSSR count). The van der Waals surface area contributed by atoms with E-state index in [1.165, 1.54) is 0 Å². The molecule has 3 aromatic heterocycles. The molecule has 0 aliphatic carbocycles. The van der Waals surface area contributed by atoms with Crippen LogP contribution in [0.1, 0.15) is 21.5 Å². The fraction of sp³-hybridized carbons (Fsp3) is 0.0714. The predicted octanol–water partition coefficient (Wildman–Crippen LogP) is 4.84. The van der Waals surface area contributed by atoms with Gasteiger partial charge in [-0.15, -0.1) is 0 Å². The Kier molecular flexibility index (Phi) is 6.57. The summed E-state index contributed by atoms with van der Waals surface area (Å²) in [6, 6.07) is 27.0. The number of para-hydroxylation sites is 1. The van der Waals surface area contributed by atoms with Crippen molar-refractivity contribution in [3.8, 4) is 22.8 Å². The van der Waals surface area contributed by atoms with Crippen molar-refractivity contribution in [2.24, 2.45) is 0 Å². The lowest BCUT2D eigenvalue weighted by Crippen LogP contribution is -2.23. The van der Waals surface area contributed by atoms with Crippen molar-refractivity contribution in [1.29, 1.82) is 0 Å². The lowest BCUT2D eigenvalue weighted by Gasteiger charge is -2.08. The summed E-state index contributed by atoms with van der Waals surface area (Å²) < 4.78 is 7.52. The number of amides is 1. The van der Waals surface area contributed by atoms with E-state index in [0.717, 1.165) is 22.4 Å². The first-order valence-corrected chi connectivity index (χ1v) is 11.2. The van der Waals surface area contributed by atoms with Gasteiger partial charge in [0.05, 0.1) is 11.3 Å². The Labute approximate surface area is 203 Å². The third-order valence-electron chi connectivity index (χ3n) is 5.40. The van der Waals surface area contributed by atoms with Crippen molar-refractivity contribution in [2.45, 2.75) is 13.2 Å². The van der Waals surface area contributed by atoms with Gasteiger partial charge in [-0.25, -0.2) is 9.67 Å². The molecule has 0 saturated carbocycles. The van der Waals surface area contributed by atoms with Gasteiger partial charge in [-0.3, -0.25) is 9.78 Å². The number of aromatic nitrogens is 4. The molecule has 7 nitrogen and oxygen atoms in total. The molecule has 2 aromatic carbocycles. The minimum atomic E-state index is -0.227. The van der Waals surface area contributed by atoms with E-state index in [2.05, 4.69) is 20.4 Å². The van der Waals surface area contributed by atoms with Gasteiger partial charge in [0, 0.05) is 43.0 Å². The van der Waals surface area contributed by atoms with E-state index >= 15 is 0 Å². The Morgan fingerprint density at radius 3 is 2.46 bits per heavy atom. The highest BCUT2D eigenvalue weighted by molar-refractivity contribution is 5.99. The van der Waals surface area contributed by atoms with Crippen LogP contribution >= 0.6 is 0 Å². The van der Waals surface area contributed by atoms with Gasteiger partial charge in [-0.2, -0.15) is 5.10 Å². The molecular weight excluding hydrogens is 438 g/mol. The quantitative estimate of drug-likeness (QED) is 0.358. The summed E-state index contributed by atoms with van der Waals surface area (Å²) in [5, 5.41) is 7.68. The van der Waals surface area contributed by atoms with Gasteiger partial charge in [-0.05, 0) is 41.5 Å². The van der Waals surface area contributed by atoms with Crippen LogP contribution < -0.4 is 10.1 Å². The summed E-state index contributed by atoms with van der Waals surface area (Å²) in [4.78, 5) is 21.7. The molecule has 0 saturated heterocycles. The number of hydrogen-bond donors (Lipinski definition) is 1. The lowest BCUT2D eigenvalue weighted by molar-refractivity contribution is 0.0951. The molecular formula is C28H23N5O2. The number of hydrogen-bond acceptors (Lipinski definition) is 5. The van der Waals surface area contributed by atoms with Crippen molar-refractivity contribution >= 4 is 5.91 Å². The van der Waals surface area contributed by atoms with Gasteiger partial charge < -0.3 is 10.1 Å². The highest BCUT2D eigenvalue weighted by Crippen LogP contribution is 2.23. The Morgan fingerprint density at radius 2 is 1.69 bits per heavy atom. The molecule has 0 fully saturated rings. The van der Waals surface area contributed by atoms with Gasteiger partial charge in [0.25, 0.3) is 5.91 Å². The molecule has 3 heterocycles. The Bertz CT molecular complexity index is 1400. The smallest absolute Gasteiger partial charge is 0.255 e. The van der Waals surface area contributed by atoms with Gasteiger partial charge in [-0.1, -0.05) is 48.5 Å². The maximum Gasteiger partial charge on any atom is 0.255 e. The molecule has 5 aromatic rings. The highest BCUT2D eigenvalue weighted by atomic mass is 16.5. The van der Waals surface area contributed by atoms with Crippen molar-refractivity contribution in [3.63, 3.8) is 0 Å². The number of nitrogens with zero attached hydrogens (tertiary/aromatic N) is 4. The van der Waals surface area contributed by atoms with Crippen LogP contribution in [-0.4, -0.2) is 25.7 Å². The van der Waals surface area contributed by atoms with E-state index in [9.17, 15) is 4.79 Å². The fourth-order valence-corrected chi connectivity index (χ4v) is 3.62. The Hall–Kier alpha value is -4.78. The summed E-state index contributed by atoms with van der Waals surface area (Å²) >= 11 is 0. The molecule has 1 N–H and O–H groups in total. The number of carbonyl (C=O) groups is 1. The Balaban J connectivity index is 1.32. The van der Waals surface area contributed by atoms with Crippen LogP contribution in [0.4, 0.5) is 0 Å². The zero-order valence-corrected chi connectivity index (χ0v) is 18.9. The molecule has 0 radical (unpaired) electrons. The van der Waals surface area contributed by atoms with Crippen molar-refractivity contribution in [2.75, 3.05) is 0 Å². The first-order chi connectivity index (χ1) is 17.3. The molecule has 35 heavy (non-hydrogen) atoms. The number of ether oxygens (including phenoxy) is 1. The van der Waals surface area contributed by atoms with Gasteiger partial charge >= 0.3 is 0 Å². The average molecular weight is 462 g/mol. The fourth-order valence-electron chi connectivity index (χ4n) is 3.62. The number of nitrogens with one attached hydrogen (secondary N) is 1. The SMILES string of the molecule is O=C(NCc1ccnc(OCc2ccccc2)c1)c1cn(-c2ccccc2)nc1-c1cccnc1. The van der Waals surface area contributed by atoms with Gasteiger partial charge in [0.2, 0.25) is 5.88 Å². The molecule has 7 heteroatoms. The molecule has 0 bridgehead atoms. The van der Waals surface area contributed by atoms with E-state index in [-0.39, 0.29) is 5.91 Å². The molecule has 0 spiro atoms. The van der Waals surface area contributed by atoms with Crippen LogP contribution in [0.2, 0.25) is 0 Å². The topological polar surface area (TPSA) is 81.9 Å². The molecule has 0 aliphatic heterocycles. The molecule has 0 atom stereocenters. The molecule has 0 unspecified atom stereocenters. The van der Waals surface area contributed by atoms with E-state index in [1.807, 2.05) is 84.9 Å². The van der Waals surface area contributed by atoms with Crippen molar-refractivity contribution in [3.05, 3.63) is 126 Å². The van der Waals surface area contributed by atoms with Crippen LogP contribution in [0.5, 0.6) is 5.88 Å². The summed E-state index contributed by atoms with van der Waals surface area (Å²) in [5.74, 6) is 0.281. The minimum absolute atomic E-state index is 0.227. The van der Waals surface area contributed by atoms with Crippen molar-refractivity contribution in [1.82, 2.24) is 25.1 Å². The maximum absolute atomic E-state index is 13.2. The average Bonchev–Trinajstić information content (AvgIpc) is 3.38. The zero-order chi connectivity index (χ0) is 23.9. The zero-order valence-electron chi connectivity index (χ0n) is 18.9. The van der Waals surface area contributed by atoms with Crippen LogP contribution in [0, 0.1) is 0 Å². The van der Waals surface area contributed by atoms with Crippen LogP contribution in [-0.2, 0) is 13.2 Å². The number of rotatable bonds is 8. The third-order valence-corrected chi connectivity index (χ3v) is 5.40. The van der Waals surface area contributed by atoms with Gasteiger partial charge in [0.15, 0.2) is 0 Å². The first-order valence-electron chi connectivity index (χ1n) is 11.2. The monoisotopic (exact) mass is 461 g/mol. The van der Waals surface area contributed by atoms with Crippen LogP contribution in [0.15, 0.2) is 110 Å². The largest absolute Gasteiger partial charge is 0.473 e. The van der Waals surface area contributed by atoms with Crippen LogP contribution in [0.25, 0.3) is 16.9 Å². The highest BCUT2D eigenvalue weighted by Gasteiger charge is 2.19. The minimum Gasteiger partial charge on any atom is -0.473 e. The van der Waals surface area contributed by atoms with Crippen molar-refractivity contribution < 1.29 is 9.53 Å². The molecule has 0 aliphatic rings. The summed E-state index contributed by atoms with van der Waals surface area (Å²) in [5.41, 5.74) is 4.62. The van der Waals surface area contributed by atoms with Gasteiger partial charge in [0.1, 0.15) is 12.3 Å². The van der Waals surface area contributed by atoms with E-state index in [0.29, 0.717) is 30.3 Å². The van der Waals surface area contributed by atoms with Crippen LogP contribution in [0.3, 0.4) is 0 Å². The summed E-state index contributed by atoms with van der Waals surface area (Å²) in [6.07, 6.45) is 6.82. The number of carbonyl (C=O) groups excluding carboxylic acids is 1. The normalized spacial score (nSPS) is 10.6. The van der Waals surface area contributed by atoms with E-state index < -0.39 is 0 Å². The second-order valence-electron chi connectivity index (χ2n) is 7.87. The predicted molar refractivity (Wildman–Crippen MR) is 133 cm³/mol. The maximum atomic E-state index is 13.2. The second kappa shape index (κ2) is 10.4. The molecule has 172 valence electrons. The standard InChI is InChI=1S/C28H23N5O2/c34-28(31-17-22-13-15-30-26(16-22)35-20-21-8-3-1-4-9-21)25-19-33(24-11-5-2-6-12-24)32-27(25)23-10-7-14-29-18-23/h1-16,18-19H,17,20H2,(H,31,34). The molecule has 1 amide bonds. The first kappa shape index (κ1) is 22.0. The third kappa shape index (κ3) is 5.42. The second-order valence-corrected chi connectivity index (χ2v) is 7.87. The number of benzene rings is 2. The summed E-state index contributed by atoms with van der Waals surface area (Å²) in [7, 11) is 0. The number of pyridine rings is 2.